The highest BCUT2D eigenvalue weighted by Crippen LogP contribution is 2.39. The van der Waals surface area contributed by atoms with E-state index in [0.717, 1.165) is 29.5 Å². The molecule has 1 aliphatic rings. The van der Waals surface area contributed by atoms with E-state index in [9.17, 15) is 4.39 Å². The van der Waals surface area contributed by atoms with Crippen LogP contribution in [0.4, 0.5) is 4.39 Å². The Morgan fingerprint density at radius 3 is 2.59 bits per heavy atom. The lowest BCUT2D eigenvalue weighted by Crippen LogP contribution is -2.26. The van der Waals surface area contributed by atoms with Gasteiger partial charge in [0.15, 0.2) is 0 Å². The highest BCUT2D eigenvalue weighted by atomic mass is 19.1. The SMILES string of the molecule is Cc1cc(C)c(C2CCCCC2CN)c(F)c1. The number of halogens is 1. The molecule has 1 fully saturated rings. The fraction of sp³-hybridized carbons (Fsp3) is 0.600. The van der Waals surface area contributed by atoms with Gasteiger partial charge < -0.3 is 5.73 Å². The minimum atomic E-state index is -0.0344. The molecule has 0 bridgehead atoms. The van der Waals surface area contributed by atoms with Crippen molar-refractivity contribution in [1.82, 2.24) is 0 Å². The van der Waals surface area contributed by atoms with Crippen LogP contribution < -0.4 is 5.73 Å². The maximum absolute atomic E-state index is 14.2. The zero-order valence-corrected chi connectivity index (χ0v) is 10.8. The van der Waals surface area contributed by atoms with Crippen LogP contribution in [0.5, 0.6) is 0 Å². The Bertz CT molecular complexity index is 377. The molecule has 0 amide bonds. The molecule has 94 valence electrons. The van der Waals surface area contributed by atoms with Gasteiger partial charge in [0.25, 0.3) is 0 Å². The molecule has 1 saturated carbocycles. The average molecular weight is 235 g/mol. The average Bonchev–Trinajstić information content (AvgIpc) is 2.28. The Kier molecular flexibility index (Phi) is 3.82. The van der Waals surface area contributed by atoms with E-state index >= 15 is 0 Å². The molecule has 1 nitrogen and oxygen atoms in total. The smallest absolute Gasteiger partial charge is 0.127 e. The summed E-state index contributed by atoms with van der Waals surface area (Å²) >= 11 is 0. The van der Waals surface area contributed by atoms with Gasteiger partial charge in [-0.25, -0.2) is 4.39 Å². The first-order valence-electron chi connectivity index (χ1n) is 6.60. The molecule has 2 unspecified atom stereocenters. The molecule has 0 heterocycles. The second-order valence-electron chi connectivity index (χ2n) is 5.36. The summed E-state index contributed by atoms with van der Waals surface area (Å²) in [7, 11) is 0. The number of nitrogens with two attached hydrogens (primary N) is 1. The van der Waals surface area contributed by atoms with Gasteiger partial charge in [-0.15, -0.1) is 0 Å². The van der Waals surface area contributed by atoms with E-state index in [0.29, 0.717) is 18.4 Å². The zero-order valence-electron chi connectivity index (χ0n) is 10.8. The zero-order chi connectivity index (χ0) is 12.4. The van der Waals surface area contributed by atoms with Crippen molar-refractivity contribution in [1.29, 1.82) is 0 Å². The van der Waals surface area contributed by atoms with Gasteiger partial charge in [0.2, 0.25) is 0 Å². The first-order valence-corrected chi connectivity index (χ1v) is 6.60. The molecule has 0 radical (unpaired) electrons. The minimum Gasteiger partial charge on any atom is -0.330 e. The van der Waals surface area contributed by atoms with Crippen molar-refractivity contribution in [3.05, 3.63) is 34.6 Å². The number of hydrogen-bond donors (Lipinski definition) is 1. The Morgan fingerprint density at radius 2 is 1.94 bits per heavy atom. The first kappa shape index (κ1) is 12.6. The summed E-state index contributed by atoms with van der Waals surface area (Å²) in [5.74, 6) is 0.752. The van der Waals surface area contributed by atoms with Crippen LogP contribution in [0.2, 0.25) is 0 Å². The standard InChI is InChI=1S/C15H22FN/c1-10-7-11(2)15(14(16)8-10)13-6-4-3-5-12(13)9-17/h7-8,12-13H,3-6,9,17H2,1-2H3. The second-order valence-corrected chi connectivity index (χ2v) is 5.36. The molecule has 0 aliphatic heterocycles. The third-order valence-corrected chi connectivity index (χ3v) is 4.06. The van der Waals surface area contributed by atoms with Crippen molar-refractivity contribution in [3.63, 3.8) is 0 Å². The quantitative estimate of drug-likeness (QED) is 0.831. The number of hydrogen-bond acceptors (Lipinski definition) is 1. The molecule has 2 atom stereocenters. The molecule has 1 aromatic rings. The van der Waals surface area contributed by atoms with Crippen molar-refractivity contribution in [2.24, 2.45) is 11.7 Å². The number of aryl methyl sites for hydroxylation is 2. The van der Waals surface area contributed by atoms with Crippen molar-refractivity contribution in [3.8, 4) is 0 Å². The molecule has 2 N–H and O–H groups in total. The van der Waals surface area contributed by atoms with Crippen molar-refractivity contribution in [2.45, 2.75) is 45.4 Å². The third-order valence-electron chi connectivity index (χ3n) is 4.06. The fourth-order valence-electron chi connectivity index (χ4n) is 3.27. The van der Waals surface area contributed by atoms with Gasteiger partial charge in [0.1, 0.15) is 5.82 Å². The lowest BCUT2D eigenvalue weighted by molar-refractivity contribution is 0.307. The maximum Gasteiger partial charge on any atom is 0.127 e. The number of rotatable bonds is 2. The Labute approximate surface area is 103 Å². The van der Waals surface area contributed by atoms with Gasteiger partial charge in [-0.1, -0.05) is 18.9 Å². The highest BCUT2D eigenvalue weighted by Gasteiger charge is 2.28. The molecule has 1 aromatic carbocycles. The van der Waals surface area contributed by atoms with Crippen LogP contribution in [0.25, 0.3) is 0 Å². The predicted octanol–water partition coefficient (Wildman–Crippen LogP) is 3.68. The van der Waals surface area contributed by atoms with Gasteiger partial charge in [-0.2, -0.15) is 0 Å². The topological polar surface area (TPSA) is 26.0 Å². The largest absolute Gasteiger partial charge is 0.330 e. The van der Waals surface area contributed by atoms with Crippen LogP contribution in [0, 0.1) is 25.6 Å². The van der Waals surface area contributed by atoms with Gasteiger partial charge in [-0.3, -0.25) is 0 Å². The van der Waals surface area contributed by atoms with Crippen LogP contribution in [0.15, 0.2) is 12.1 Å². The summed E-state index contributed by atoms with van der Waals surface area (Å²) in [6, 6.07) is 3.74. The fourth-order valence-corrected chi connectivity index (χ4v) is 3.27. The predicted molar refractivity (Wildman–Crippen MR) is 69.6 cm³/mol. The molecule has 0 aromatic heterocycles. The lowest BCUT2D eigenvalue weighted by Gasteiger charge is -2.32. The van der Waals surface area contributed by atoms with E-state index in [1.807, 2.05) is 13.8 Å². The van der Waals surface area contributed by atoms with E-state index in [4.69, 9.17) is 5.73 Å². The summed E-state index contributed by atoms with van der Waals surface area (Å²) in [5.41, 5.74) is 8.85. The van der Waals surface area contributed by atoms with Crippen LogP contribution in [-0.4, -0.2) is 6.54 Å². The lowest BCUT2D eigenvalue weighted by atomic mass is 9.74. The Hall–Kier alpha value is -0.890. The van der Waals surface area contributed by atoms with Crippen LogP contribution in [0.1, 0.15) is 48.3 Å². The van der Waals surface area contributed by atoms with E-state index < -0.39 is 0 Å². The molecule has 0 saturated heterocycles. The third kappa shape index (κ3) is 2.52. The van der Waals surface area contributed by atoms with Gasteiger partial charge in [0, 0.05) is 0 Å². The molecular formula is C15H22FN. The van der Waals surface area contributed by atoms with E-state index in [2.05, 4.69) is 6.07 Å². The summed E-state index contributed by atoms with van der Waals surface area (Å²) in [5, 5.41) is 0. The van der Waals surface area contributed by atoms with Crippen LogP contribution in [-0.2, 0) is 0 Å². The maximum atomic E-state index is 14.2. The molecular weight excluding hydrogens is 213 g/mol. The summed E-state index contributed by atoms with van der Waals surface area (Å²) in [6.45, 7) is 4.65. The number of benzene rings is 1. The molecule has 1 aliphatic carbocycles. The Morgan fingerprint density at radius 1 is 1.24 bits per heavy atom. The van der Waals surface area contributed by atoms with Crippen LogP contribution in [0.3, 0.4) is 0 Å². The monoisotopic (exact) mass is 235 g/mol. The van der Waals surface area contributed by atoms with Gasteiger partial charge >= 0.3 is 0 Å². The van der Waals surface area contributed by atoms with Gasteiger partial charge in [-0.05, 0) is 67.8 Å². The van der Waals surface area contributed by atoms with Crippen molar-refractivity contribution < 1.29 is 4.39 Å². The molecule has 2 rings (SSSR count). The molecule has 0 spiro atoms. The molecule has 17 heavy (non-hydrogen) atoms. The van der Waals surface area contributed by atoms with E-state index in [1.165, 1.54) is 12.8 Å². The summed E-state index contributed by atoms with van der Waals surface area (Å²) in [4.78, 5) is 0. The second kappa shape index (κ2) is 5.18. The highest BCUT2D eigenvalue weighted by molar-refractivity contribution is 5.35. The van der Waals surface area contributed by atoms with Gasteiger partial charge in [0.05, 0.1) is 0 Å². The normalized spacial score (nSPS) is 24.9. The Balaban J connectivity index is 2.38. The molecule has 2 heteroatoms. The first-order chi connectivity index (χ1) is 8.13. The van der Waals surface area contributed by atoms with E-state index in [1.54, 1.807) is 6.07 Å². The summed E-state index contributed by atoms with van der Waals surface area (Å²) in [6.07, 6.45) is 4.68. The van der Waals surface area contributed by atoms with E-state index in [-0.39, 0.29) is 5.82 Å². The summed E-state index contributed by atoms with van der Waals surface area (Å²) < 4.78 is 14.2. The van der Waals surface area contributed by atoms with Crippen molar-refractivity contribution in [2.75, 3.05) is 6.54 Å². The van der Waals surface area contributed by atoms with Crippen LogP contribution >= 0.6 is 0 Å². The van der Waals surface area contributed by atoms with Crippen molar-refractivity contribution >= 4 is 0 Å². The minimum absolute atomic E-state index is 0.0344.